The SMILES string of the molecule is CCC1CCC(NC(=O)N[C@H]2CC[C@@H](C(=O)O)C2)CC1. The quantitative estimate of drug-likeness (QED) is 0.741. The molecule has 0 aliphatic heterocycles. The molecule has 0 radical (unpaired) electrons. The van der Waals surface area contributed by atoms with Crippen molar-refractivity contribution in [1.29, 1.82) is 0 Å². The van der Waals surface area contributed by atoms with Gasteiger partial charge in [-0.25, -0.2) is 4.79 Å². The van der Waals surface area contributed by atoms with Crippen LogP contribution in [-0.2, 0) is 4.79 Å². The largest absolute Gasteiger partial charge is 0.481 e. The van der Waals surface area contributed by atoms with Crippen LogP contribution in [0.25, 0.3) is 0 Å². The molecule has 5 heteroatoms. The molecule has 3 N–H and O–H groups in total. The van der Waals surface area contributed by atoms with Crippen LogP contribution in [0.1, 0.15) is 58.3 Å². The summed E-state index contributed by atoms with van der Waals surface area (Å²) in [6.45, 7) is 2.23. The third-order valence-electron chi connectivity index (χ3n) is 4.88. The minimum atomic E-state index is -0.743. The fourth-order valence-corrected chi connectivity index (χ4v) is 3.46. The highest BCUT2D eigenvalue weighted by atomic mass is 16.4. The van der Waals surface area contributed by atoms with Gasteiger partial charge in [0.1, 0.15) is 0 Å². The summed E-state index contributed by atoms with van der Waals surface area (Å²) in [5.41, 5.74) is 0. The highest BCUT2D eigenvalue weighted by Gasteiger charge is 2.31. The summed E-state index contributed by atoms with van der Waals surface area (Å²) in [4.78, 5) is 22.8. The van der Waals surface area contributed by atoms with Gasteiger partial charge < -0.3 is 15.7 Å². The van der Waals surface area contributed by atoms with Crippen molar-refractivity contribution in [3.05, 3.63) is 0 Å². The summed E-state index contributed by atoms with van der Waals surface area (Å²) in [5, 5.41) is 14.9. The molecule has 2 atom stereocenters. The highest BCUT2D eigenvalue weighted by molar-refractivity contribution is 5.75. The Bertz CT molecular complexity index is 351. The van der Waals surface area contributed by atoms with Crippen molar-refractivity contribution in [1.82, 2.24) is 10.6 Å². The molecule has 0 aromatic carbocycles. The van der Waals surface area contributed by atoms with Crippen molar-refractivity contribution in [3.8, 4) is 0 Å². The Kier molecular flexibility index (Phi) is 5.26. The monoisotopic (exact) mass is 282 g/mol. The molecular formula is C15H26N2O3. The number of urea groups is 1. The average molecular weight is 282 g/mol. The Labute approximate surface area is 120 Å². The van der Waals surface area contributed by atoms with Crippen molar-refractivity contribution in [2.45, 2.75) is 70.4 Å². The Morgan fingerprint density at radius 1 is 1.00 bits per heavy atom. The van der Waals surface area contributed by atoms with E-state index in [0.717, 1.165) is 25.2 Å². The number of hydrogen-bond acceptors (Lipinski definition) is 2. The molecule has 2 aliphatic carbocycles. The van der Waals surface area contributed by atoms with Crippen LogP contribution in [-0.4, -0.2) is 29.2 Å². The van der Waals surface area contributed by atoms with E-state index < -0.39 is 5.97 Å². The zero-order valence-corrected chi connectivity index (χ0v) is 12.2. The first-order valence-electron chi connectivity index (χ1n) is 7.88. The third kappa shape index (κ3) is 4.12. The van der Waals surface area contributed by atoms with Crippen LogP contribution >= 0.6 is 0 Å². The zero-order chi connectivity index (χ0) is 14.5. The van der Waals surface area contributed by atoms with Crippen molar-refractivity contribution in [2.24, 2.45) is 11.8 Å². The van der Waals surface area contributed by atoms with Gasteiger partial charge in [-0.2, -0.15) is 0 Å². The van der Waals surface area contributed by atoms with E-state index >= 15 is 0 Å². The number of amides is 2. The average Bonchev–Trinajstić information content (AvgIpc) is 2.88. The normalized spacial score (nSPS) is 33.6. The number of carboxylic acid groups (broad SMARTS) is 1. The van der Waals surface area contributed by atoms with E-state index in [9.17, 15) is 9.59 Å². The molecular weight excluding hydrogens is 256 g/mol. The van der Waals surface area contributed by atoms with E-state index in [-0.39, 0.29) is 24.0 Å². The number of carbonyl (C=O) groups is 2. The number of aliphatic carboxylic acids is 1. The molecule has 20 heavy (non-hydrogen) atoms. The number of nitrogens with one attached hydrogen (secondary N) is 2. The van der Waals surface area contributed by atoms with Crippen molar-refractivity contribution in [3.63, 3.8) is 0 Å². The molecule has 0 unspecified atom stereocenters. The third-order valence-corrected chi connectivity index (χ3v) is 4.88. The second kappa shape index (κ2) is 6.95. The van der Waals surface area contributed by atoms with Crippen LogP contribution in [0.5, 0.6) is 0 Å². The molecule has 2 amide bonds. The van der Waals surface area contributed by atoms with Crippen LogP contribution in [0.4, 0.5) is 4.79 Å². The molecule has 2 fully saturated rings. The van der Waals surface area contributed by atoms with Gasteiger partial charge in [0.25, 0.3) is 0 Å². The smallest absolute Gasteiger partial charge is 0.315 e. The summed E-state index contributed by atoms with van der Waals surface area (Å²) in [5.74, 6) is -0.213. The van der Waals surface area contributed by atoms with Crippen molar-refractivity contribution < 1.29 is 14.7 Å². The molecule has 0 aromatic rings. The Morgan fingerprint density at radius 3 is 2.15 bits per heavy atom. The van der Waals surface area contributed by atoms with Gasteiger partial charge in [-0.1, -0.05) is 13.3 Å². The van der Waals surface area contributed by atoms with Gasteiger partial charge in [0.2, 0.25) is 0 Å². The summed E-state index contributed by atoms with van der Waals surface area (Å²) < 4.78 is 0. The van der Waals surface area contributed by atoms with E-state index in [1.807, 2.05) is 0 Å². The molecule has 0 heterocycles. The number of hydrogen-bond donors (Lipinski definition) is 3. The second-order valence-corrected chi connectivity index (χ2v) is 6.29. The highest BCUT2D eigenvalue weighted by Crippen LogP contribution is 2.27. The molecule has 2 aliphatic rings. The number of carbonyl (C=O) groups excluding carboxylic acids is 1. The van der Waals surface area contributed by atoms with Gasteiger partial charge in [-0.05, 0) is 50.9 Å². The Morgan fingerprint density at radius 2 is 1.60 bits per heavy atom. The molecule has 114 valence electrons. The van der Waals surface area contributed by atoms with Gasteiger partial charge in [0.05, 0.1) is 5.92 Å². The van der Waals surface area contributed by atoms with E-state index in [1.165, 1.54) is 19.3 Å². The predicted molar refractivity (Wildman–Crippen MR) is 76.5 cm³/mol. The lowest BCUT2D eigenvalue weighted by Gasteiger charge is -2.28. The summed E-state index contributed by atoms with van der Waals surface area (Å²) >= 11 is 0. The van der Waals surface area contributed by atoms with Crippen molar-refractivity contribution in [2.75, 3.05) is 0 Å². The molecule has 2 saturated carbocycles. The molecule has 5 nitrogen and oxygen atoms in total. The van der Waals surface area contributed by atoms with Gasteiger partial charge in [0, 0.05) is 12.1 Å². The van der Waals surface area contributed by atoms with Crippen LogP contribution in [0.2, 0.25) is 0 Å². The maximum atomic E-state index is 11.9. The maximum absolute atomic E-state index is 11.9. The molecule has 0 aromatic heterocycles. The maximum Gasteiger partial charge on any atom is 0.315 e. The number of carboxylic acids is 1. The molecule has 0 spiro atoms. The number of rotatable bonds is 4. The fraction of sp³-hybridized carbons (Fsp3) is 0.867. The van der Waals surface area contributed by atoms with Crippen LogP contribution < -0.4 is 10.6 Å². The first-order valence-corrected chi connectivity index (χ1v) is 7.88. The van der Waals surface area contributed by atoms with Crippen LogP contribution in [0, 0.1) is 11.8 Å². The summed E-state index contributed by atoms with van der Waals surface area (Å²) in [7, 11) is 0. The molecule has 0 saturated heterocycles. The first-order chi connectivity index (χ1) is 9.58. The lowest BCUT2D eigenvalue weighted by atomic mass is 9.85. The lowest BCUT2D eigenvalue weighted by molar-refractivity contribution is -0.141. The minimum absolute atomic E-state index is 0.0167. The van der Waals surface area contributed by atoms with Gasteiger partial charge in [-0.15, -0.1) is 0 Å². The standard InChI is InChI=1S/C15H26N2O3/c1-2-10-3-6-12(7-4-10)16-15(20)17-13-8-5-11(9-13)14(18)19/h10-13H,2-9H2,1H3,(H,18,19)(H2,16,17,20)/t10?,11-,12?,13+/m1/s1. The summed E-state index contributed by atoms with van der Waals surface area (Å²) in [6.07, 6.45) is 7.76. The predicted octanol–water partition coefficient (Wildman–Crippen LogP) is 2.51. The van der Waals surface area contributed by atoms with E-state index in [4.69, 9.17) is 5.11 Å². The summed E-state index contributed by atoms with van der Waals surface area (Å²) in [6, 6.07) is 0.179. The van der Waals surface area contributed by atoms with E-state index in [1.54, 1.807) is 0 Å². The van der Waals surface area contributed by atoms with E-state index in [0.29, 0.717) is 12.8 Å². The van der Waals surface area contributed by atoms with E-state index in [2.05, 4.69) is 17.6 Å². The van der Waals surface area contributed by atoms with Gasteiger partial charge >= 0.3 is 12.0 Å². The van der Waals surface area contributed by atoms with Crippen LogP contribution in [0.3, 0.4) is 0 Å². The van der Waals surface area contributed by atoms with Crippen molar-refractivity contribution >= 4 is 12.0 Å². The topological polar surface area (TPSA) is 78.4 Å². The Balaban J connectivity index is 1.67. The lowest BCUT2D eigenvalue weighted by Crippen LogP contribution is -2.46. The molecule has 0 bridgehead atoms. The Hall–Kier alpha value is -1.26. The van der Waals surface area contributed by atoms with Gasteiger partial charge in [-0.3, -0.25) is 4.79 Å². The molecule has 2 rings (SSSR count). The fourth-order valence-electron chi connectivity index (χ4n) is 3.46. The zero-order valence-electron chi connectivity index (χ0n) is 12.2. The minimum Gasteiger partial charge on any atom is -0.481 e. The first kappa shape index (κ1) is 15.1. The second-order valence-electron chi connectivity index (χ2n) is 6.29. The van der Waals surface area contributed by atoms with Crippen LogP contribution in [0.15, 0.2) is 0 Å². The van der Waals surface area contributed by atoms with Gasteiger partial charge in [0.15, 0.2) is 0 Å².